The van der Waals surface area contributed by atoms with Gasteiger partial charge >= 0.3 is 18.4 Å². The van der Waals surface area contributed by atoms with E-state index < -0.39 is 56.5 Å². The lowest BCUT2D eigenvalue weighted by Crippen LogP contribution is -2.65. The Morgan fingerprint density at radius 1 is 1.27 bits per heavy atom. The van der Waals surface area contributed by atoms with Crippen LogP contribution in [0.5, 0.6) is 5.75 Å². The van der Waals surface area contributed by atoms with Crippen LogP contribution >= 0.6 is 0 Å². The molecule has 2 aromatic rings. The van der Waals surface area contributed by atoms with Crippen LogP contribution in [0.2, 0.25) is 0 Å². The van der Waals surface area contributed by atoms with E-state index in [-0.39, 0.29) is 23.7 Å². The summed E-state index contributed by atoms with van der Waals surface area (Å²) in [4.78, 5) is 20.2. The Kier molecular flexibility index (Phi) is 7.84. The number of pyridine rings is 1. The molecule has 2 atom stereocenters. The maximum absolute atomic E-state index is 15.3. The number of aromatic nitrogens is 1. The van der Waals surface area contributed by atoms with Crippen molar-refractivity contribution in [1.82, 2.24) is 15.0 Å². The third-order valence-corrected chi connectivity index (χ3v) is 11.6. The maximum Gasteiger partial charge on any atom is 0.410 e. The Labute approximate surface area is 228 Å². The molecule has 1 aromatic heterocycles. The van der Waals surface area contributed by atoms with Gasteiger partial charge in [-0.05, 0) is 67.6 Å². The first kappa shape index (κ1) is 29.6. The number of fused-ring (bicyclic) bond motifs is 1. The van der Waals surface area contributed by atoms with Crippen molar-refractivity contribution in [2.24, 2.45) is 4.99 Å². The number of amides is 1. The highest BCUT2D eigenvalue weighted by atomic mass is 32.3. The molecule has 0 aliphatic carbocycles. The summed E-state index contributed by atoms with van der Waals surface area (Å²) in [6, 6.07) is 6.98. The van der Waals surface area contributed by atoms with Gasteiger partial charge in [0, 0.05) is 17.8 Å². The molecule has 15 heteroatoms. The van der Waals surface area contributed by atoms with Gasteiger partial charge < -0.3 is 15.2 Å². The second-order valence-corrected chi connectivity index (χ2v) is 13.7. The molecule has 9 nitrogen and oxygen atoms in total. The molecule has 0 bridgehead atoms. The molecule has 1 amide bonds. The molecule has 0 unspecified atom stereocenters. The van der Waals surface area contributed by atoms with E-state index in [2.05, 4.69) is 25.3 Å². The monoisotopic (exact) mass is 591 g/mol. The molecule has 3 heterocycles. The highest BCUT2D eigenvalue weighted by molar-refractivity contribution is 8.04. The van der Waals surface area contributed by atoms with Crippen molar-refractivity contribution in [2.75, 3.05) is 18.5 Å². The number of halogens is 5. The van der Waals surface area contributed by atoms with Gasteiger partial charge in [0.25, 0.3) is 0 Å². The second kappa shape index (κ2) is 10.6. The Morgan fingerprint density at radius 3 is 2.62 bits per heavy atom. The van der Waals surface area contributed by atoms with E-state index in [9.17, 15) is 31.7 Å². The van der Waals surface area contributed by atoms with Gasteiger partial charge in [-0.3, -0.25) is 24.2 Å². The number of hydrogen-bond acceptors (Lipinski definition) is 6. The molecule has 4 N–H and O–H groups in total. The summed E-state index contributed by atoms with van der Waals surface area (Å²) >= 11 is 0. The van der Waals surface area contributed by atoms with E-state index in [4.69, 9.17) is 4.74 Å². The van der Waals surface area contributed by atoms with Crippen LogP contribution < -0.4 is 20.1 Å². The fraction of sp³-hybridized carbons (Fsp3) is 0.480. The molecule has 0 spiro atoms. The van der Waals surface area contributed by atoms with Crippen molar-refractivity contribution in [2.45, 2.75) is 61.6 Å². The molecular formula is C25H30F5N5O4S. The number of aliphatic imine (C=N–C) groups is 1. The van der Waals surface area contributed by atoms with E-state index in [1.54, 1.807) is 20.8 Å². The Morgan fingerprint density at radius 2 is 2.00 bits per heavy atom. The van der Waals surface area contributed by atoms with Gasteiger partial charge in [0.15, 0.2) is 6.61 Å². The fourth-order valence-corrected chi connectivity index (χ4v) is 8.74. The maximum atomic E-state index is 15.3. The van der Waals surface area contributed by atoms with Crippen LogP contribution in [0.3, 0.4) is 0 Å². The van der Waals surface area contributed by atoms with E-state index in [1.807, 2.05) is 0 Å². The van der Waals surface area contributed by atoms with E-state index in [0.717, 1.165) is 6.20 Å². The number of nitrogens with one attached hydrogen (secondary N) is 3. The smallest absolute Gasteiger partial charge is 0.410 e. The van der Waals surface area contributed by atoms with Gasteiger partial charge in [-0.2, -0.15) is 8.78 Å². The number of benzene rings is 1. The molecule has 2 aliphatic rings. The number of anilines is 1. The topological polar surface area (TPSA) is 125 Å². The molecule has 2 aliphatic heterocycles. The van der Waals surface area contributed by atoms with Crippen molar-refractivity contribution in [3.05, 3.63) is 53.6 Å². The third kappa shape index (κ3) is 5.36. The molecule has 0 radical (unpaired) electrons. The van der Waals surface area contributed by atoms with E-state index >= 15 is 4.39 Å². The van der Waals surface area contributed by atoms with Crippen molar-refractivity contribution >= 4 is 27.7 Å². The summed E-state index contributed by atoms with van der Waals surface area (Å²) in [5.74, 6) is -5.03. The zero-order valence-electron chi connectivity index (χ0n) is 21.9. The van der Waals surface area contributed by atoms with Crippen LogP contribution in [0.15, 0.2) is 41.5 Å². The number of thiol groups is 1. The number of amidine groups is 1. The van der Waals surface area contributed by atoms with Gasteiger partial charge in [-0.1, -0.05) is 0 Å². The molecule has 0 saturated carbocycles. The number of nitrogens with zero attached hydrogens (tertiary/aromatic N) is 2. The largest absolute Gasteiger partial charge is 0.485 e. The van der Waals surface area contributed by atoms with Gasteiger partial charge in [0.05, 0.1) is 28.4 Å². The van der Waals surface area contributed by atoms with Crippen molar-refractivity contribution in [3.63, 3.8) is 0 Å². The number of carboxylic acid groups (broad SMARTS) is 1. The minimum absolute atomic E-state index is 0.0212. The number of ether oxygens (including phenoxy) is 1. The molecule has 40 heavy (non-hydrogen) atoms. The number of rotatable bonds is 8. The summed E-state index contributed by atoms with van der Waals surface area (Å²) in [5.41, 5.74) is -0.320. The highest BCUT2D eigenvalue weighted by Crippen LogP contribution is 2.49. The summed E-state index contributed by atoms with van der Waals surface area (Å²) in [7, 11) is -3.31. The minimum Gasteiger partial charge on any atom is -0.485 e. The summed E-state index contributed by atoms with van der Waals surface area (Å²) < 4.78 is 86.9. The average Bonchev–Trinajstić information content (AvgIpc) is 3.30. The normalized spacial score (nSPS) is 24.1. The predicted molar refractivity (Wildman–Crippen MR) is 140 cm³/mol. The second-order valence-electron chi connectivity index (χ2n) is 10.4. The lowest BCUT2D eigenvalue weighted by Gasteiger charge is -2.51. The van der Waals surface area contributed by atoms with Gasteiger partial charge in [0.2, 0.25) is 0 Å². The predicted octanol–water partition coefficient (Wildman–Crippen LogP) is 4.08. The lowest BCUT2D eigenvalue weighted by molar-refractivity contribution is -0.148. The van der Waals surface area contributed by atoms with Crippen molar-refractivity contribution in [3.8, 4) is 5.75 Å². The van der Waals surface area contributed by atoms with Crippen LogP contribution in [-0.4, -0.2) is 61.7 Å². The van der Waals surface area contributed by atoms with E-state index in [1.165, 1.54) is 30.3 Å². The van der Waals surface area contributed by atoms with Crippen LogP contribution in [0.25, 0.3) is 0 Å². The fourth-order valence-electron chi connectivity index (χ4n) is 5.06. The molecule has 1 saturated heterocycles. The molecule has 1 aromatic carbocycles. The summed E-state index contributed by atoms with van der Waals surface area (Å²) in [6.07, 6.45) is -3.66. The standard InChI is InChI=1S/C25H30F5N5O4S/c1-23(2)21(34-22(36)37)35-24(3,19-8-9-33-40(19,23)38)17-10-14(5-7-18(17)26)31-11-15-4-6-16(12-32-15)39-13-25(29,30)20(27)28/h4-7,10,12,19-20,31,40H,8-9,11,13H2,1-3H3,(H,33,38)(H,34,35)(H,36,37)/t19-,24+/m0/s1. The molecular weight excluding hydrogens is 561 g/mol. The number of carbonyl (C=O) groups is 1. The van der Waals surface area contributed by atoms with Gasteiger partial charge in [-0.15, -0.1) is 0 Å². The quantitative estimate of drug-likeness (QED) is 0.233. The number of alkyl halides is 4. The van der Waals surface area contributed by atoms with Crippen molar-refractivity contribution in [1.29, 1.82) is 0 Å². The summed E-state index contributed by atoms with van der Waals surface area (Å²) in [6.45, 7) is 3.97. The van der Waals surface area contributed by atoms with Crippen LogP contribution in [0.4, 0.5) is 32.4 Å². The van der Waals surface area contributed by atoms with E-state index in [0.29, 0.717) is 24.3 Å². The van der Waals surface area contributed by atoms with Gasteiger partial charge in [0.1, 0.15) is 22.9 Å². The third-order valence-electron chi connectivity index (χ3n) is 7.37. The first-order valence-corrected chi connectivity index (χ1v) is 14.1. The SMILES string of the molecule is CC1(C)C(NC(=O)O)=N[C@](C)(c2cc(NCc3ccc(OCC(F)(F)C(F)F)cn3)ccc2F)[C@@H]2CCN[SH]21=O. The van der Waals surface area contributed by atoms with Crippen LogP contribution in [-0.2, 0) is 22.2 Å². The zero-order valence-corrected chi connectivity index (χ0v) is 22.7. The first-order chi connectivity index (χ1) is 18.6. The number of hydrogen-bond donors (Lipinski definition) is 5. The first-order valence-electron chi connectivity index (χ1n) is 12.3. The molecule has 4 rings (SSSR count). The van der Waals surface area contributed by atoms with Gasteiger partial charge in [-0.25, -0.2) is 18.0 Å². The Bertz CT molecular complexity index is 1360. The average molecular weight is 592 g/mol. The molecule has 220 valence electrons. The minimum atomic E-state index is -4.29. The van der Waals surface area contributed by atoms with Crippen LogP contribution in [0, 0.1) is 5.82 Å². The Hall–Kier alpha value is -3.33. The summed E-state index contributed by atoms with van der Waals surface area (Å²) in [5, 5.41) is 14.1. The van der Waals surface area contributed by atoms with Crippen molar-refractivity contribution < 1.29 is 40.8 Å². The lowest BCUT2D eigenvalue weighted by atomic mass is 9.85. The van der Waals surface area contributed by atoms with Crippen LogP contribution in [0.1, 0.15) is 38.4 Å². The highest BCUT2D eigenvalue weighted by Gasteiger charge is 2.59. The molecule has 1 fully saturated rings. The Balaban J connectivity index is 1.56. The zero-order chi connectivity index (χ0) is 29.5.